The van der Waals surface area contributed by atoms with Crippen LogP contribution >= 0.6 is 56.5 Å². The third kappa shape index (κ3) is 5.72. The lowest BCUT2D eigenvalue weighted by Gasteiger charge is -2.25. The fourth-order valence-corrected chi connectivity index (χ4v) is 7.61. The molecule has 40 heavy (non-hydrogen) atoms. The standard InChI is InChI=1S/C31H24I2N2O4S/c1-3-15-39-28-22(32)16-19(17-23(28)33)18-24-29(36)35-27(21-13-9-6-10-14-21)25(30(37)38-4-2)26(34-31(35)40-24)20-11-7-5-8-12-20/h3,5-14,16-18,27H,1,4,15H2,2H3/b24-18-. The molecular weight excluding hydrogens is 750 g/mol. The number of hydrogen-bond acceptors (Lipinski definition) is 6. The van der Waals surface area contributed by atoms with Crippen LogP contribution in [0.1, 0.15) is 29.7 Å². The molecule has 1 aliphatic rings. The minimum absolute atomic E-state index is 0.208. The number of hydrogen-bond donors (Lipinski definition) is 0. The number of esters is 1. The number of rotatable bonds is 8. The van der Waals surface area contributed by atoms with Crippen molar-refractivity contribution in [3.63, 3.8) is 0 Å². The number of fused-ring (bicyclic) bond motifs is 1. The molecular formula is C31H24I2N2O4S. The number of ether oxygens (including phenoxy) is 2. The number of halogens is 2. The van der Waals surface area contributed by atoms with Crippen molar-refractivity contribution < 1.29 is 14.3 Å². The first-order chi connectivity index (χ1) is 19.4. The maximum absolute atomic E-state index is 14.0. The zero-order valence-corrected chi connectivity index (χ0v) is 26.6. The summed E-state index contributed by atoms with van der Waals surface area (Å²) in [5.74, 6) is 0.294. The summed E-state index contributed by atoms with van der Waals surface area (Å²) in [4.78, 5) is 32.9. The molecule has 6 nitrogen and oxygen atoms in total. The van der Waals surface area contributed by atoms with Gasteiger partial charge in [-0.15, -0.1) is 0 Å². The molecule has 0 bridgehead atoms. The molecule has 0 N–H and O–H groups in total. The molecule has 0 radical (unpaired) electrons. The van der Waals surface area contributed by atoms with Crippen LogP contribution in [0, 0.1) is 7.14 Å². The Balaban J connectivity index is 1.75. The highest BCUT2D eigenvalue weighted by Crippen LogP contribution is 2.35. The minimum Gasteiger partial charge on any atom is -0.487 e. The van der Waals surface area contributed by atoms with Crippen LogP contribution in [0.3, 0.4) is 0 Å². The Bertz CT molecular complexity index is 1770. The van der Waals surface area contributed by atoms with E-state index in [4.69, 9.17) is 14.5 Å². The Kier molecular flexibility index (Phi) is 9.01. The van der Waals surface area contributed by atoms with Gasteiger partial charge in [0.2, 0.25) is 0 Å². The van der Waals surface area contributed by atoms with Crippen molar-refractivity contribution in [2.45, 2.75) is 13.0 Å². The van der Waals surface area contributed by atoms with Crippen LogP contribution in [-0.4, -0.2) is 23.8 Å². The van der Waals surface area contributed by atoms with Crippen LogP contribution in [0.15, 0.2) is 101 Å². The molecule has 0 saturated heterocycles. The first kappa shape index (κ1) is 28.5. The predicted octanol–water partition coefficient (Wildman–Crippen LogP) is 5.71. The van der Waals surface area contributed by atoms with E-state index in [1.165, 1.54) is 11.3 Å². The Morgan fingerprint density at radius 1 is 1.07 bits per heavy atom. The van der Waals surface area contributed by atoms with Gasteiger partial charge < -0.3 is 9.47 Å². The lowest BCUT2D eigenvalue weighted by atomic mass is 9.93. The second-order valence-electron chi connectivity index (χ2n) is 8.76. The number of carbonyl (C=O) groups is 1. The molecule has 4 aromatic rings. The van der Waals surface area contributed by atoms with Crippen LogP contribution in [-0.2, 0) is 9.53 Å². The van der Waals surface area contributed by atoms with Gasteiger partial charge in [-0.3, -0.25) is 9.36 Å². The van der Waals surface area contributed by atoms with E-state index in [0.29, 0.717) is 27.2 Å². The zero-order valence-electron chi connectivity index (χ0n) is 21.5. The van der Waals surface area contributed by atoms with E-state index in [2.05, 4.69) is 51.8 Å². The number of aromatic nitrogens is 1. The number of thiazole rings is 1. The molecule has 1 unspecified atom stereocenters. The summed E-state index contributed by atoms with van der Waals surface area (Å²) in [5, 5.41) is 0. The van der Waals surface area contributed by atoms with Gasteiger partial charge in [0, 0.05) is 5.56 Å². The fraction of sp³-hybridized carbons (Fsp3) is 0.129. The molecule has 0 spiro atoms. The monoisotopic (exact) mass is 774 g/mol. The molecule has 0 fully saturated rings. The first-order valence-corrected chi connectivity index (χ1v) is 15.5. The van der Waals surface area contributed by atoms with E-state index in [1.54, 1.807) is 17.6 Å². The minimum atomic E-state index is -0.691. The van der Waals surface area contributed by atoms with Gasteiger partial charge in [-0.2, -0.15) is 0 Å². The highest BCUT2D eigenvalue weighted by Gasteiger charge is 2.35. The van der Waals surface area contributed by atoms with Crippen LogP contribution in [0.2, 0.25) is 0 Å². The van der Waals surface area contributed by atoms with Crippen LogP contribution in [0.25, 0.3) is 11.8 Å². The normalized spacial score (nSPS) is 14.9. The maximum Gasteiger partial charge on any atom is 0.338 e. The van der Waals surface area contributed by atoms with Gasteiger partial charge in [0.05, 0.1) is 35.6 Å². The van der Waals surface area contributed by atoms with E-state index < -0.39 is 12.0 Å². The molecule has 5 rings (SSSR count). The van der Waals surface area contributed by atoms with Crippen molar-refractivity contribution in [3.05, 3.63) is 135 Å². The smallest absolute Gasteiger partial charge is 0.338 e. The van der Waals surface area contributed by atoms with Gasteiger partial charge in [-0.25, -0.2) is 9.79 Å². The molecule has 9 heteroatoms. The molecule has 2 heterocycles. The molecule has 1 atom stereocenters. The second kappa shape index (κ2) is 12.6. The summed E-state index contributed by atoms with van der Waals surface area (Å²) in [5.41, 5.74) is 3.08. The van der Waals surface area contributed by atoms with Gasteiger partial charge in [0.15, 0.2) is 4.80 Å². The average molecular weight is 774 g/mol. The van der Waals surface area contributed by atoms with E-state index in [0.717, 1.165) is 29.6 Å². The van der Waals surface area contributed by atoms with Crippen molar-refractivity contribution in [2.24, 2.45) is 4.99 Å². The van der Waals surface area contributed by atoms with Crippen LogP contribution in [0.4, 0.5) is 0 Å². The highest BCUT2D eigenvalue weighted by atomic mass is 127. The highest BCUT2D eigenvalue weighted by molar-refractivity contribution is 14.1. The molecule has 1 aliphatic heterocycles. The Morgan fingerprint density at radius 3 is 2.35 bits per heavy atom. The fourth-order valence-electron chi connectivity index (χ4n) is 4.49. The van der Waals surface area contributed by atoms with Crippen molar-refractivity contribution >= 4 is 74.3 Å². The van der Waals surface area contributed by atoms with Crippen LogP contribution in [0.5, 0.6) is 5.75 Å². The van der Waals surface area contributed by atoms with Crippen molar-refractivity contribution in [3.8, 4) is 5.75 Å². The molecule has 202 valence electrons. The van der Waals surface area contributed by atoms with Gasteiger partial charge in [0.1, 0.15) is 12.4 Å². The SMILES string of the molecule is C=CCOc1c(I)cc(/C=c2\sc3n(c2=O)C(c2ccccc2)C(C(=O)OCC)=C(c2ccccc2)N=3)cc1I. The summed E-state index contributed by atoms with van der Waals surface area (Å²) < 4.78 is 15.3. The number of benzene rings is 3. The summed E-state index contributed by atoms with van der Waals surface area (Å²) in [6.45, 7) is 6.10. The Labute approximate surface area is 262 Å². The van der Waals surface area contributed by atoms with E-state index in [9.17, 15) is 9.59 Å². The maximum atomic E-state index is 14.0. The van der Waals surface area contributed by atoms with Crippen LogP contribution < -0.4 is 19.6 Å². The summed E-state index contributed by atoms with van der Waals surface area (Å²) in [7, 11) is 0. The summed E-state index contributed by atoms with van der Waals surface area (Å²) >= 11 is 5.78. The van der Waals surface area contributed by atoms with Gasteiger partial charge in [0.25, 0.3) is 5.56 Å². The zero-order chi connectivity index (χ0) is 28.2. The summed E-state index contributed by atoms with van der Waals surface area (Å²) in [6.07, 6.45) is 3.57. The largest absolute Gasteiger partial charge is 0.487 e. The third-order valence-corrected chi connectivity index (χ3v) is 8.74. The topological polar surface area (TPSA) is 69.9 Å². The number of nitrogens with zero attached hydrogens (tertiary/aromatic N) is 2. The van der Waals surface area contributed by atoms with Gasteiger partial charge >= 0.3 is 5.97 Å². The number of carbonyl (C=O) groups excluding carboxylic acids is 1. The second-order valence-corrected chi connectivity index (χ2v) is 12.1. The Morgan fingerprint density at radius 2 is 1.73 bits per heavy atom. The van der Waals surface area contributed by atoms with Crippen molar-refractivity contribution in [1.29, 1.82) is 0 Å². The van der Waals surface area contributed by atoms with Crippen molar-refractivity contribution in [1.82, 2.24) is 4.57 Å². The lowest BCUT2D eigenvalue weighted by molar-refractivity contribution is -0.138. The molecule has 0 saturated carbocycles. The van der Waals surface area contributed by atoms with Crippen molar-refractivity contribution in [2.75, 3.05) is 13.2 Å². The van der Waals surface area contributed by atoms with E-state index in [1.807, 2.05) is 78.9 Å². The average Bonchev–Trinajstić information content (AvgIpc) is 3.27. The molecule has 3 aromatic carbocycles. The molecule has 1 aromatic heterocycles. The first-order valence-electron chi connectivity index (χ1n) is 12.5. The van der Waals surface area contributed by atoms with E-state index in [-0.39, 0.29) is 12.2 Å². The van der Waals surface area contributed by atoms with Gasteiger partial charge in [-0.1, -0.05) is 84.7 Å². The lowest BCUT2D eigenvalue weighted by Crippen LogP contribution is -2.40. The quantitative estimate of drug-likeness (QED) is 0.131. The van der Waals surface area contributed by atoms with Gasteiger partial charge in [-0.05, 0) is 81.4 Å². The molecule has 0 amide bonds. The Hall–Kier alpha value is -3.03. The molecule has 0 aliphatic carbocycles. The third-order valence-electron chi connectivity index (χ3n) is 6.15. The predicted molar refractivity (Wildman–Crippen MR) is 175 cm³/mol. The summed E-state index contributed by atoms with van der Waals surface area (Å²) in [6, 6.07) is 22.3. The van der Waals surface area contributed by atoms with E-state index >= 15 is 0 Å².